The van der Waals surface area contributed by atoms with Crippen molar-refractivity contribution in [2.45, 2.75) is 32.4 Å². The van der Waals surface area contributed by atoms with E-state index in [1.807, 2.05) is 0 Å². The molecule has 1 aromatic heterocycles. The molecule has 1 aromatic rings. The number of nitrogens with one attached hydrogen (secondary N) is 1. The molecule has 0 aromatic carbocycles. The Bertz CT molecular complexity index is 380. The molecule has 2 rings (SSSR count). The Morgan fingerprint density at radius 1 is 1.56 bits per heavy atom. The number of anilines is 1. The van der Waals surface area contributed by atoms with Gasteiger partial charge in [0, 0.05) is 29.8 Å². The van der Waals surface area contributed by atoms with Gasteiger partial charge in [-0.25, -0.2) is 4.98 Å². The summed E-state index contributed by atoms with van der Waals surface area (Å²) in [6, 6.07) is 2.30. The average molecular weight is 222 g/mol. The van der Waals surface area contributed by atoms with Gasteiger partial charge in [0.2, 0.25) is 11.8 Å². The highest BCUT2D eigenvalue weighted by molar-refractivity contribution is 5.32. The number of rotatable bonds is 3. The lowest BCUT2D eigenvalue weighted by Crippen LogP contribution is -2.61. The first kappa shape index (κ1) is 11.1. The van der Waals surface area contributed by atoms with Gasteiger partial charge < -0.3 is 15.8 Å². The lowest BCUT2D eigenvalue weighted by atomic mass is 9.63. The van der Waals surface area contributed by atoms with Crippen LogP contribution in [-0.4, -0.2) is 29.2 Å². The van der Waals surface area contributed by atoms with E-state index < -0.39 is 0 Å². The van der Waals surface area contributed by atoms with Crippen LogP contribution in [0.3, 0.4) is 0 Å². The number of ether oxygens (including phenoxy) is 1. The first-order chi connectivity index (χ1) is 7.54. The Morgan fingerprint density at radius 3 is 2.88 bits per heavy atom. The van der Waals surface area contributed by atoms with Crippen LogP contribution in [0.5, 0.6) is 5.88 Å². The van der Waals surface area contributed by atoms with Crippen LogP contribution >= 0.6 is 0 Å². The molecule has 16 heavy (non-hydrogen) atoms. The highest BCUT2D eigenvalue weighted by Crippen LogP contribution is 2.40. The molecule has 0 amide bonds. The molecule has 0 bridgehead atoms. The van der Waals surface area contributed by atoms with Crippen molar-refractivity contribution in [1.82, 2.24) is 9.97 Å². The van der Waals surface area contributed by atoms with Crippen LogP contribution in [0.4, 0.5) is 5.95 Å². The standard InChI is InChI=1S/C11H18N4O/c1-11(2)7(12)6-8(11)14-10-13-5-4-9(15-10)16-3/h4-5,7-8H,6,12H2,1-3H3,(H,13,14,15). The summed E-state index contributed by atoms with van der Waals surface area (Å²) in [6.07, 6.45) is 2.63. The number of nitrogens with zero attached hydrogens (tertiary/aromatic N) is 2. The Kier molecular flexibility index (Phi) is 2.71. The van der Waals surface area contributed by atoms with Crippen LogP contribution in [0.25, 0.3) is 0 Å². The van der Waals surface area contributed by atoms with Crippen molar-refractivity contribution in [2.75, 3.05) is 12.4 Å². The number of hydrogen-bond acceptors (Lipinski definition) is 5. The lowest BCUT2D eigenvalue weighted by molar-refractivity contribution is 0.116. The fourth-order valence-electron chi connectivity index (χ4n) is 1.89. The molecular formula is C11H18N4O. The molecule has 0 spiro atoms. The summed E-state index contributed by atoms with van der Waals surface area (Å²) in [6.45, 7) is 4.30. The first-order valence-corrected chi connectivity index (χ1v) is 5.43. The largest absolute Gasteiger partial charge is 0.481 e. The summed E-state index contributed by atoms with van der Waals surface area (Å²) in [4.78, 5) is 8.38. The number of hydrogen-bond donors (Lipinski definition) is 2. The van der Waals surface area contributed by atoms with Gasteiger partial charge >= 0.3 is 0 Å². The predicted molar refractivity (Wildman–Crippen MR) is 62.4 cm³/mol. The number of nitrogens with two attached hydrogens (primary N) is 1. The van der Waals surface area contributed by atoms with E-state index in [-0.39, 0.29) is 11.5 Å². The van der Waals surface area contributed by atoms with Crippen LogP contribution in [0, 0.1) is 5.41 Å². The average Bonchev–Trinajstić information content (AvgIpc) is 2.29. The molecule has 0 aliphatic heterocycles. The third-order valence-corrected chi connectivity index (χ3v) is 3.49. The summed E-state index contributed by atoms with van der Waals surface area (Å²) >= 11 is 0. The molecule has 5 nitrogen and oxygen atoms in total. The topological polar surface area (TPSA) is 73.1 Å². The molecule has 1 heterocycles. The monoisotopic (exact) mass is 222 g/mol. The minimum Gasteiger partial charge on any atom is -0.481 e. The molecule has 0 radical (unpaired) electrons. The second kappa shape index (κ2) is 3.90. The predicted octanol–water partition coefficient (Wildman–Crippen LogP) is 1.02. The summed E-state index contributed by atoms with van der Waals surface area (Å²) in [5, 5.41) is 3.29. The van der Waals surface area contributed by atoms with Crippen molar-refractivity contribution in [3.05, 3.63) is 12.3 Å². The van der Waals surface area contributed by atoms with Crippen molar-refractivity contribution in [1.29, 1.82) is 0 Å². The van der Waals surface area contributed by atoms with Crippen LogP contribution < -0.4 is 15.8 Å². The van der Waals surface area contributed by atoms with Crippen LogP contribution in [0.2, 0.25) is 0 Å². The SMILES string of the molecule is COc1ccnc(NC2CC(N)C2(C)C)n1. The zero-order chi connectivity index (χ0) is 11.8. The second-order valence-electron chi connectivity index (χ2n) is 4.78. The van der Waals surface area contributed by atoms with Crippen molar-refractivity contribution in [2.24, 2.45) is 11.1 Å². The van der Waals surface area contributed by atoms with Crippen molar-refractivity contribution < 1.29 is 4.74 Å². The zero-order valence-corrected chi connectivity index (χ0v) is 9.90. The minimum atomic E-state index is 0.0897. The smallest absolute Gasteiger partial charge is 0.226 e. The third-order valence-electron chi connectivity index (χ3n) is 3.49. The maximum atomic E-state index is 5.95. The Morgan fingerprint density at radius 2 is 2.31 bits per heavy atom. The van der Waals surface area contributed by atoms with Gasteiger partial charge in [-0.1, -0.05) is 13.8 Å². The van der Waals surface area contributed by atoms with Crippen molar-refractivity contribution in [3.63, 3.8) is 0 Å². The van der Waals surface area contributed by atoms with Crippen molar-refractivity contribution in [3.8, 4) is 5.88 Å². The van der Waals surface area contributed by atoms with Gasteiger partial charge in [0.05, 0.1) is 7.11 Å². The fraction of sp³-hybridized carbons (Fsp3) is 0.636. The van der Waals surface area contributed by atoms with E-state index in [9.17, 15) is 0 Å². The van der Waals surface area contributed by atoms with Crippen LogP contribution in [0.1, 0.15) is 20.3 Å². The summed E-state index contributed by atoms with van der Waals surface area (Å²) < 4.78 is 5.05. The molecule has 5 heteroatoms. The molecular weight excluding hydrogens is 204 g/mol. The number of aromatic nitrogens is 2. The molecule has 88 valence electrons. The first-order valence-electron chi connectivity index (χ1n) is 5.43. The van der Waals surface area contributed by atoms with Gasteiger partial charge in [-0.15, -0.1) is 0 Å². The number of methoxy groups -OCH3 is 1. The second-order valence-corrected chi connectivity index (χ2v) is 4.78. The summed E-state index contributed by atoms with van der Waals surface area (Å²) in [7, 11) is 1.59. The van der Waals surface area contributed by atoms with Gasteiger partial charge in [0.15, 0.2) is 0 Å². The molecule has 2 unspecified atom stereocenters. The molecule has 3 N–H and O–H groups in total. The molecule has 1 aliphatic rings. The highest BCUT2D eigenvalue weighted by atomic mass is 16.5. The van der Waals surface area contributed by atoms with E-state index in [1.165, 1.54) is 0 Å². The maximum absolute atomic E-state index is 5.95. The molecule has 1 fully saturated rings. The van der Waals surface area contributed by atoms with E-state index in [1.54, 1.807) is 19.4 Å². The van der Waals surface area contributed by atoms with Gasteiger partial charge in [-0.2, -0.15) is 4.98 Å². The van der Waals surface area contributed by atoms with Crippen LogP contribution in [-0.2, 0) is 0 Å². The normalized spacial score (nSPS) is 27.0. The van der Waals surface area contributed by atoms with E-state index in [0.29, 0.717) is 17.9 Å². The van der Waals surface area contributed by atoms with E-state index in [4.69, 9.17) is 10.5 Å². The Labute approximate surface area is 95.4 Å². The third kappa shape index (κ3) is 1.82. The van der Waals surface area contributed by atoms with Gasteiger partial charge in [-0.05, 0) is 6.42 Å². The van der Waals surface area contributed by atoms with E-state index in [0.717, 1.165) is 6.42 Å². The maximum Gasteiger partial charge on any atom is 0.226 e. The zero-order valence-electron chi connectivity index (χ0n) is 9.90. The minimum absolute atomic E-state index is 0.0897. The quantitative estimate of drug-likeness (QED) is 0.799. The fourth-order valence-corrected chi connectivity index (χ4v) is 1.89. The van der Waals surface area contributed by atoms with Gasteiger partial charge in [0.25, 0.3) is 0 Å². The van der Waals surface area contributed by atoms with E-state index in [2.05, 4.69) is 29.1 Å². The molecule has 2 atom stereocenters. The Hall–Kier alpha value is -1.36. The molecule has 1 saturated carbocycles. The summed E-state index contributed by atoms with van der Waals surface area (Å²) in [5.41, 5.74) is 6.04. The molecule has 0 saturated heterocycles. The van der Waals surface area contributed by atoms with Crippen molar-refractivity contribution >= 4 is 5.95 Å². The highest BCUT2D eigenvalue weighted by Gasteiger charge is 2.46. The van der Waals surface area contributed by atoms with Gasteiger partial charge in [0.1, 0.15) is 0 Å². The lowest BCUT2D eigenvalue weighted by Gasteiger charge is -2.50. The molecule has 1 aliphatic carbocycles. The van der Waals surface area contributed by atoms with Crippen LogP contribution in [0.15, 0.2) is 12.3 Å². The summed E-state index contributed by atoms with van der Waals surface area (Å²) in [5.74, 6) is 1.17. The van der Waals surface area contributed by atoms with Gasteiger partial charge in [-0.3, -0.25) is 0 Å². The Balaban J connectivity index is 2.05. The van der Waals surface area contributed by atoms with E-state index >= 15 is 0 Å².